The van der Waals surface area contributed by atoms with E-state index >= 15 is 0 Å². The molecule has 1 aromatic carbocycles. The quantitative estimate of drug-likeness (QED) is 0.242. The predicted molar refractivity (Wildman–Crippen MR) is 99.1 cm³/mol. The third kappa shape index (κ3) is 9.08. The van der Waals surface area contributed by atoms with Crippen molar-refractivity contribution in [3.8, 4) is 0 Å². The van der Waals surface area contributed by atoms with E-state index in [4.69, 9.17) is 9.47 Å². The molecule has 0 heterocycles. The SMILES string of the molecule is CCOC(=O)C(C/C=C/CCCCCc1ccccc1)C(=O)OCC. The fourth-order valence-electron chi connectivity index (χ4n) is 2.54. The lowest BCUT2D eigenvalue weighted by atomic mass is 10.0. The molecule has 0 atom stereocenters. The van der Waals surface area contributed by atoms with Crippen molar-refractivity contribution in [1.29, 1.82) is 0 Å². The number of allylic oxidation sites excluding steroid dienone is 2. The van der Waals surface area contributed by atoms with Crippen molar-refractivity contribution in [3.05, 3.63) is 48.0 Å². The van der Waals surface area contributed by atoms with E-state index in [0.29, 0.717) is 6.42 Å². The first-order valence-electron chi connectivity index (χ1n) is 9.21. The van der Waals surface area contributed by atoms with Gasteiger partial charge in [-0.2, -0.15) is 0 Å². The molecule has 0 bridgehead atoms. The summed E-state index contributed by atoms with van der Waals surface area (Å²) in [7, 11) is 0. The number of ether oxygens (including phenoxy) is 2. The van der Waals surface area contributed by atoms with Gasteiger partial charge in [-0.3, -0.25) is 9.59 Å². The molecule has 0 saturated heterocycles. The van der Waals surface area contributed by atoms with E-state index in [2.05, 4.69) is 24.3 Å². The minimum absolute atomic E-state index is 0.264. The number of hydrogen-bond acceptors (Lipinski definition) is 4. The number of carbonyl (C=O) groups excluding carboxylic acids is 2. The average Bonchev–Trinajstić information content (AvgIpc) is 2.61. The lowest BCUT2D eigenvalue weighted by Crippen LogP contribution is -2.27. The number of esters is 2. The average molecular weight is 346 g/mol. The van der Waals surface area contributed by atoms with Gasteiger partial charge in [0.2, 0.25) is 0 Å². The Bertz CT molecular complexity index is 504. The van der Waals surface area contributed by atoms with Gasteiger partial charge < -0.3 is 9.47 Å². The normalized spacial score (nSPS) is 11.0. The molecular weight excluding hydrogens is 316 g/mol. The van der Waals surface area contributed by atoms with Gasteiger partial charge in [-0.25, -0.2) is 0 Å². The second-order valence-electron chi connectivity index (χ2n) is 5.85. The molecule has 25 heavy (non-hydrogen) atoms. The Hall–Kier alpha value is -2.10. The summed E-state index contributed by atoms with van der Waals surface area (Å²) in [5.74, 6) is -1.86. The highest BCUT2D eigenvalue weighted by Crippen LogP contribution is 2.12. The molecule has 0 fully saturated rings. The number of rotatable bonds is 12. The molecule has 0 aliphatic heterocycles. The van der Waals surface area contributed by atoms with E-state index in [1.54, 1.807) is 13.8 Å². The van der Waals surface area contributed by atoms with Crippen LogP contribution in [0.1, 0.15) is 51.5 Å². The van der Waals surface area contributed by atoms with Crippen molar-refractivity contribution in [2.75, 3.05) is 13.2 Å². The van der Waals surface area contributed by atoms with E-state index in [1.807, 2.05) is 18.2 Å². The summed E-state index contributed by atoms with van der Waals surface area (Å²) in [5.41, 5.74) is 1.38. The van der Waals surface area contributed by atoms with Crippen LogP contribution in [0.4, 0.5) is 0 Å². The zero-order chi connectivity index (χ0) is 18.3. The van der Waals surface area contributed by atoms with Crippen LogP contribution in [-0.4, -0.2) is 25.2 Å². The summed E-state index contributed by atoms with van der Waals surface area (Å²) in [6.07, 6.45) is 9.76. The van der Waals surface area contributed by atoms with Gasteiger partial charge in [0.05, 0.1) is 13.2 Å². The molecule has 138 valence electrons. The summed E-state index contributed by atoms with van der Waals surface area (Å²) in [6, 6.07) is 10.5. The van der Waals surface area contributed by atoms with E-state index < -0.39 is 17.9 Å². The van der Waals surface area contributed by atoms with Gasteiger partial charge >= 0.3 is 11.9 Å². The molecule has 1 rings (SSSR count). The van der Waals surface area contributed by atoms with E-state index in [9.17, 15) is 9.59 Å². The Morgan fingerprint density at radius 2 is 1.56 bits per heavy atom. The van der Waals surface area contributed by atoms with Crippen LogP contribution in [0, 0.1) is 5.92 Å². The number of aryl methyl sites for hydroxylation is 1. The summed E-state index contributed by atoms with van der Waals surface area (Å²) >= 11 is 0. The minimum atomic E-state index is -0.853. The molecule has 0 amide bonds. The zero-order valence-corrected chi connectivity index (χ0v) is 15.4. The Kier molecular flexibility index (Phi) is 11.1. The Morgan fingerprint density at radius 3 is 2.16 bits per heavy atom. The second kappa shape index (κ2) is 13.2. The van der Waals surface area contributed by atoms with Crippen molar-refractivity contribution in [2.45, 2.75) is 52.4 Å². The summed E-state index contributed by atoms with van der Waals surface area (Å²) in [4.78, 5) is 23.7. The number of hydrogen-bond donors (Lipinski definition) is 0. The van der Waals surface area contributed by atoms with Crippen LogP contribution in [0.2, 0.25) is 0 Å². The van der Waals surface area contributed by atoms with Crippen molar-refractivity contribution >= 4 is 11.9 Å². The van der Waals surface area contributed by atoms with Crippen LogP contribution in [0.25, 0.3) is 0 Å². The number of carbonyl (C=O) groups is 2. The van der Waals surface area contributed by atoms with Crippen molar-refractivity contribution in [2.24, 2.45) is 5.92 Å². The van der Waals surface area contributed by atoms with Gasteiger partial charge in [0, 0.05) is 0 Å². The number of unbranched alkanes of at least 4 members (excludes halogenated alkanes) is 3. The van der Waals surface area contributed by atoms with Crippen molar-refractivity contribution in [3.63, 3.8) is 0 Å². The Morgan fingerprint density at radius 1 is 0.920 bits per heavy atom. The highest BCUT2D eigenvalue weighted by molar-refractivity contribution is 5.95. The van der Waals surface area contributed by atoms with E-state index in [0.717, 1.165) is 19.3 Å². The fourth-order valence-corrected chi connectivity index (χ4v) is 2.54. The maximum Gasteiger partial charge on any atom is 0.320 e. The molecule has 0 unspecified atom stereocenters. The molecule has 0 aromatic heterocycles. The van der Waals surface area contributed by atoms with Crippen molar-refractivity contribution < 1.29 is 19.1 Å². The Balaban J connectivity index is 2.24. The molecule has 0 aliphatic rings. The summed E-state index contributed by atoms with van der Waals surface area (Å²) < 4.78 is 9.90. The molecule has 0 saturated carbocycles. The maximum atomic E-state index is 11.8. The molecule has 4 heteroatoms. The molecule has 0 radical (unpaired) electrons. The van der Waals surface area contributed by atoms with Gasteiger partial charge in [0.15, 0.2) is 5.92 Å². The molecule has 0 N–H and O–H groups in total. The predicted octanol–water partition coefficient (Wildman–Crippen LogP) is 4.48. The monoisotopic (exact) mass is 346 g/mol. The zero-order valence-electron chi connectivity index (χ0n) is 15.4. The first-order chi connectivity index (χ1) is 12.2. The van der Waals surface area contributed by atoms with E-state index in [-0.39, 0.29) is 13.2 Å². The first kappa shape index (κ1) is 20.9. The fraction of sp³-hybridized carbons (Fsp3) is 0.524. The van der Waals surface area contributed by atoms with Gasteiger partial charge in [-0.05, 0) is 51.5 Å². The largest absolute Gasteiger partial charge is 0.465 e. The Labute approximate surface area is 151 Å². The molecule has 4 nitrogen and oxygen atoms in total. The third-order valence-electron chi connectivity index (χ3n) is 3.86. The third-order valence-corrected chi connectivity index (χ3v) is 3.86. The van der Waals surface area contributed by atoms with Crippen LogP contribution in [-0.2, 0) is 25.5 Å². The van der Waals surface area contributed by atoms with Gasteiger partial charge in [0.25, 0.3) is 0 Å². The van der Waals surface area contributed by atoms with Crippen LogP contribution in [0.3, 0.4) is 0 Å². The number of benzene rings is 1. The highest BCUT2D eigenvalue weighted by atomic mass is 16.6. The smallest absolute Gasteiger partial charge is 0.320 e. The lowest BCUT2D eigenvalue weighted by Gasteiger charge is -2.12. The molecule has 0 spiro atoms. The summed E-state index contributed by atoms with van der Waals surface area (Å²) in [6.45, 7) is 3.98. The standard InChI is InChI=1S/C21H30O4/c1-3-24-20(22)19(21(23)25-4-2)17-13-8-6-5-7-10-14-18-15-11-9-12-16-18/h8-9,11-13,15-16,19H,3-7,10,14,17H2,1-2H3/b13-8+. The maximum absolute atomic E-state index is 11.8. The molecule has 1 aromatic rings. The first-order valence-corrected chi connectivity index (χ1v) is 9.21. The van der Waals surface area contributed by atoms with Crippen LogP contribution in [0.5, 0.6) is 0 Å². The molecule has 0 aliphatic carbocycles. The van der Waals surface area contributed by atoms with Crippen molar-refractivity contribution in [1.82, 2.24) is 0 Å². The van der Waals surface area contributed by atoms with Crippen LogP contribution in [0.15, 0.2) is 42.5 Å². The van der Waals surface area contributed by atoms with Crippen LogP contribution < -0.4 is 0 Å². The van der Waals surface area contributed by atoms with Gasteiger partial charge in [-0.15, -0.1) is 0 Å². The minimum Gasteiger partial charge on any atom is -0.465 e. The summed E-state index contributed by atoms with van der Waals surface area (Å²) in [5, 5.41) is 0. The van der Waals surface area contributed by atoms with Crippen LogP contribution >= 0.6 is 0 Å². The van der Waals surface area contributed by atoms with Gasteiger partial charge in [0.1, 0.15) is 0 Å². The lowest BCUT2D eigenvalue weighted by molar-refractivity contribution is -0.161. The van der Waals surface area contributed by atoms with Gasteiger partial charge in [-0.1, -0.05) is 48.9 Å². The van der Waals surface area contributed by atoms with E-state index in [1.165, 1.54) is 18.4 Å². The topological polar surface area (TPSA) is 52.6 Å². The second-order valence-corrected chi connectivity index (χ2v) is 5.85. The highest BCUT2D eigenvalue weighted by Gasteiger charge is 2.27. The molecular formula is C21H30O4.